The van der Waals surface area contributed by atoms with Crippen LogP contribution in [0, 0.1) is 0 Å². The van der Waals surface area contributed by atoms with Crippen LogP contribution >= 0.6 is 11.6 Å². The van der Waals surface area contributed by atoms with Gasteiger partial charge in [0.15, 0.2) is 0 Å². The number of nitrogens with zero attached hydrogens (tertiary/aromatic N) is 4. The van der Waals surface area contributed by atoms with Crippen molar-refractivity contribution >= 4 is 23.4 Å². The van der Waals surface area contributed by atoms with Crippen LogP contribution in [0.25, 0.3) is 11.4 Å². The van der Waals surface area contributed by atoms with Gasteiger partial charge in [-0.05, 0) is 36.6 Å². The number of rotatable bonds is 4. The predicted molar refractivity (Wildman–Crippen MR) is 87.1 cm³/mol. The number of carbonyl (C=O) groups excluding carboxylic acids is 2. The summed E-state index contributed by atoms with van der Waals surface area (Å²) in [6.07, 6.45) is 2.45. The summed E-state index contributed by atoms with van der Waals surface area (Å²) < 4.78 is 0. The average Bonchev–Trinajstić information content (AvgIpc) is 2.92. The van der Waals surface area contributed by atoms with E-state index in [1.165, 1.54) is 4.80 Å². The molecule has 0 spiro atoms. The second-order valence-corrected chi connectivity index (χ2v) is 6.00. The molecule has 0 bridgehead atoms. The maximum absolute atomic E-state index is 12.1. The number of aromatic nitrogens is 4. The summed E-state index contributed by atoms with van der Waals surface area (Å²) in [6.45, 7) is 0.552. The highest BCUT2D eigenvalue weighted by Crippen LogP contribution is 2.18. The highest BCUT2D eigenvalue weighted by atomic mass is 35.5. The zero-order valence-electron chi connectivity index (χ0n) is 12.9. The van der Waals surface area contributed by atoms with Crippen LogP contribution in [-0.2, 0) is 16.1 Å². The monoisotopic (exact) mass is 348 g/mol. The Morgan fingerprint density at radius 3 is 3.12 bits per heavy atom. The molecule has 2 aromatic rings. The van der Waals surface area contributed by atoms with Gasteiger partial charge in [0.05, 0.1) is 0 Å². The molecule has 1 aliphatic heterocycles. The van der Waals surface area contributed by atoms with Crippen LogP contribution in [0.15, 0.2) is 24.3 Å². The fourth-order valence-electron chi connectivity index (χ4n) is 2.50. The summed E-state index contributed by atoms with van der Waals surface area (Å²) in [5.74, 6) is -0.0865. The molecule has 2 N–H and O–H groups in total. The second-order valence-electron chi connectivity index (χ2n) is 5.56. The Kier molecular flexibility index (Phi) is 5.05. The quantitative estimate of drug-likeness (QED) is 0.850. The van der Waals surface area contributed by atoms with E-state index in [-0.39, 0.29) is 18.4 Å². The number of halogens is 1. The first-order valence-corrected chi connectivity index (χ1v) is 8.10. The third-order valence-electron chi connectivity index (χ3n) is 3.69. The van der Waals surface area contributed by atoms with Crippen molar-refractivity contribution in [2.75, 3.05) is 6.54 Å². The molecule has 8 nitrogen and oxygen atoms in total. The molecule has 1 aliphatic rings. The van der Waals surface area contributed by atoms with Crippen molar-refractivity contribution in [3.8, 4) is 11.4 Å². The number of amides is 2. The van der Waals surface area contributed by atoms with Gasteiger partial charge in [-0.15, -0.1) is 10.2 Å². The van der Waals surface area contributed by atoms with Gasteiger partial charge in [0.25, 0.3) is 0 Å². The molecule has 1 fully saturated rings. The van der Waals surface area contributed by atoms with Gasteiger partial charge in [0, 0.05) is 17.1 Å². The molecular formula is C15H17ClN6O2. The van der Waals surface area contributed by atoms with Gasteiger partial charge in [-0.25, -0.2) is 0 Å². The lowest BCUT2D eigenvalue weighted by atomic mass is 10.1. The summed E-state index contributed by atoms with van der Waals surface area (Å²) in [7, 11) is 0. The number of benzene rings is 1. The lowest BCUT2D eigenvalue weighted by Gasteiger charge is -2.14. The number of hydrogen-bond acceptors (Lipinski definition) is 5. The van der Waals surface area contributed by atoms with E-state index in [4.69, 9.17) is 11.6 Å². The number of carbonyl (C=O) groups is 2. The molecule has 2 heterocycles. The Morgan fingerprint density at radius 1 is 1.42 bits per heavy atom. The second kappa shape index (κ2) is 7.39. The fourth-order valence-corrected chi connectivity index (χ4v) is 2.69. The van der Waals surface area contributed by atoms with E-state index in [0.717, 1.165) is 18.4 Å². The van der Waals surface area contributed by atoms with Gasteiger partial charge in [-0.3, -0.25) is 9.59 Å². The highest BCUT2D eigenvalue weighted by Gasteiger charge is 2.22. The van der Waals surface area contributed by atoms with E-state index in [1.54, 1.807) is 18.2 Å². The van der Waals surface area contributed by atoms with Crippen molar-refractivity contribution in [1.29, 1.82) is 0 Å². The minimum Gasteiger partial charge on any atom is -0.354 e. The smallest absolute Gasteiger partial charge is 0.244 e. The van der Waals surface area contributed by atoms with Crippen LogP contribution in [0.1, 0.15) is 19.3 Å². The number of nitrogens with one attached hydrogen (secondary N) is 2. The molecule has 1 saturated heterocycles. The summed E-state index contributed by atoms with van der Waals surface area (Å²) >= 11 is 5.94. The van der Waals surface area contributed by atoms with Crippen LogP contribution in [0.3, 0.4) is 0 Å². The summed E-state index contributed by atoms with van der Waals surface area (Å²) in [4.78, 5) is 25.1. The van der Waals surface area contributed by atoms with Crippen molar-refractivity contribution in [2.45, 2.75) is 31.8 Å². The topological polar surface area (TPSA) is 102 Å². The Hall–Kier alpha value is -2.48. The van der Waals surface area contributed by atoms with E-state index in [2.05, 4.69) is 26.0 Å². The van der Waals surface area contributed by atoms with Gasteiger partial charge in [-0.2, -0.15) is 4.80 Å². The minimum absolute atomic E-state index is 0.0999. The molecule has 2 amide bonds. The Labute approximate surface area is 143 Å². The van der Waals surface area contributed by atoms with Crippen LogP contribution in [0.4, 0.5) is 0 Å². The van der Waals surface area contributed by atoms with E-state index in [0.29, 0.717) is 23.8 Å². The van der Waals surface area contributed by atoms with E-state index in [9.17, 15) is 9.59 Å². The predicted octanol–water partition coefficient (Wildman–Crippen LogP) is 0.778. The lowest BCUT2D eigenvalue weighted by molar-refractivity contribution is -0.129. The zero-order valence-corrected chi connectivity index (χ0v) is 13.7. The molecular weight excluding hydrogens is 332 g/mol. The van der Waals surface area contributed by atoms with Gasteiger partial charge in [-0.1, -0.05) is 23.7 Å². The van der Waals surface area contributed by atoms with Crippen molar-refractivity contribution < 1.29 is 9.59 Å². The molecule has 1 aromatic carbocycles. The number of hydrogen-bond donors (Lipinski definition) is 2. The van der Waals surface area contributed by atoms with Crippen molar-refractivity contribution in [3.05, 3.63) is 29.3 Å². The largest absolute Gasteiger partial charge is 0.354 e. The molecule has 0 aliphatic carbocycles. The first kappa shape index (κ1) is 16.4. The van der Waals surface area contributed by atoms with Crippen LogP contribution < -0.4 is 10.6 Å². The molecule has 3 rings (SSSR count). The van der Waals surface area contributed by atoms with Crippen molar-refractivity contribution in [2.24, 2.45) is 0 Å². The zero-order chi connectivity index (χ0) is 16.9. The summed E-state index contributed by atoms with van der Waals surface area (Å²) in [5, 5.41) is 18.0. The van der Waals surface area contributed by atoms with E-state index < -0.39 is 6.04 Å². The highest BCUT2D eigenvalue weighted by molar-refractivity contribution is 6.30. The van der Waals surface area contributed by atoms with Crippen molar-refractivity contribution in [1.82, 2.24) is 30.8 Å². The first-order chi connectivity index (χ1) is 11.6. The third-order valence-corrected chi connectivity index (χ3v) is 3.93. The molecule has 0 radical (unpaired) electrons. The molecule has 1 aromatic heterocycles. The Morgan fingerprint density at radius 2 is 2.29 bits per heavy atom. The standard InChI is InChI=1S/C15H17ClN6O2/c16-11-5-3-4-10(8-11)14-19-21-22(20-14)9-13(23)18-12-6-1-2-7-17-15(12)24/h3-5,8,12H,1-2,6-7,9H2,(H,17,24)(H,18,23)/t12-/m0/s1. The average molecular weight is 349 g/mol. The normalized spacial score (nSPS) is 17.9. The maximum Gasteiger partial charge on any atom is 0.244 e. The molecule has 9 heteroatoms. The Balaban J connectivity index is 1.62. The fraction of sp³-hybridized carbons (Fsp3) is 0.400. The molecule has 24 heavy (non-hydrogen) atoms. The summed E-state index contributed by atoms with van der Waals surface area (Å²) in [6, 6.07) is 6.56. The molecule has 1 atom stereocenters. The first-order valence-electron chi connectivity index (χ1n) is 7.72. The summed E-state index contributed by atoms with van der Waals surface area (Å²) in [5.41, 5.74) is 0.720. The van der Waals surface area contributed by atoms with Gasteiger partial charge in [0.1, 0.15) is 12.6 Å². The third kappa shape index (κ3) is 4.08. The number of tetrazole rings is 1. The van der Waals surface area contributed by atoms with Gasteiger partial charge in [0.2, 0.25) is 17.6 Å². The molecule has 0 saturated carbocycles. The van der Waals surface area contributed by atoms with E-state index in [1.807, 2.05) is 6.07 Å². The van der Waals surface area contributed by atoms with Crippen LogP contribution in [-0.4, -0.2) is 44.6 Å². The lowest BCUT2D eigenvalue weighted by Crippen LogP contribution is -2.46. The Bertz CT molecular complexity index is 747. The van der Waals surface area contributed by atoms with Crippen LogP contribution in [0.2, 0.25) is 5.02 Å². The SMILES string of the molecule is O=C(Cn1nnc(-c2cccc(Cl)c2)n1)N[C@H]1CCCCNC1=O. The van der Waals surface area contributed by atoms with Gasteiger partial charge < -0.3 is 10.6 Å². The van der Waals surface area contributed by atoms with Gasteiger partial charge >= 0.3 is 0 Å². The molecule has 0 unspecified atom stereocenters. The van der Waals surface area contributed by atoms with E-state index >= 15 is 0 Å². The van der Waals surface area contributed by atoms with Crippen LogP contribution in [0.5, 0.6) is 0 Å². The molecule has 126 valence electrons. The minimum atomic E-state index is -0.504. The van der Waals surface area contributed by atoms with Crippen molar-refractivity contribution in [3.63, 3.8) is 0 Å². The maximum atomic E-state index is 12.1.